The highest BCUT2D eigenvalue weighted by Gasteiger charge is 2.37. The molecule has 1 saturated heterocycles. The van der Waals surface area contributed by atoms with Gasteiger partial charge in [0.25, 0.3) is 11.1 Å². The predicted molar refractivity (Wildman–Crippen MR) is 131 cm³/mol. The number of hydrogen-bond donors (Lipinski definition) is 0. The number of ether oxygens (including phenoxy) is 2. The molecule has 0 saturated carbocycles. The van der Waals surface area contributed by atoms with Gasteiger partial charge in [0.2, 0.25) is 0 Å². The van der Waals surface area contributed by atoms with E-state index in [4.69, 9.17) is 9.47 Å². The van der Waals surface area contributed by atoms with E-state index in [-0.39, 0.29) is 5.24 Å². The van der Waals surface area contributed by atoms with Crippen molar-refractivity contribution in [1.82, 2.24) is 0 Å². The van der Waals surface area contributed by atoms with Crippen LogP contribution in [0, 0.1) is 6.92 Å². The zero-order valence-corrected chi connectivity index (χ0v) is 19.9. The van der Waals surface area contributed by atoms with E-state index in [1.807, 2.05) is 49.4 Å². The van der Waals surface area contributed by atoms with E-state index in [9.17, 15) is 9.59 Å². The van der Waals surface area contributed by atoms with Crippen molar-refractivity contribution in [3.8, 4) is 11.5 Å². The molecule has 0 aliphatic carbocycles. The number of hydrogen-bond acceptors (Lipinski definition) is 5. The van der Waals surface area contributed by atoms with Crippen LogP contribution in [0.1, 0.15) is 16.7 Å². The van der Waals surface area contributed by atoms with E-state index < -0.39 is 5.91 Å². The molecule has 4 rings (SSSR count). The Bertz CT molecular complexity index is 1210. The summed E-state index contributed by atoms with van der Waals surface area (Å²) in [7, 11) is 1.51. The number of imide groups is 1. The molecule has 7 heteroatoms. The van der Waals surface area contributed by atoms with Gasteiger partial charge in [0.15, 0.2) is 0 Å². The molecular formula is C25H20BrNO4S. The minimum absolute atomic E-state index is 0.319. The molecule has 0 bridgehead atoms. The van der Waals surface area contributed by atoms with Crippen molar-refractivity contribution in [3.63, 3.8) is 0 Å². The highest BCUT2D eigenvalue weighted by Crippen LogP contribution is 2.40. The first kappa shape index (κ1) is 22.2. The van der Waals surface area contributed by atoms with E-state index in [0.717, 1.165) is 26.7 Å². The zero-order chi connectivity index (χ0) is 22.7. The number of aryl methyl sites for hydroxylation is 1. The number of nitrogens with zero attached hydrogens (tertiary/aromatic N) is 1. The lowest BCUT2D eigenvalue weighted by Crippen LogP contribution is -2.28. The van der Waals surface area contributed by atoms with Crippen molar-refractivity contribution in [2.75, 3.05) is 12.0 Å². The van der Waals surface area contributed by atoms with Gasteiger partial charge in [-0.3, -0.25) is 9.59 Å². The van der Waals surface area contributed by atoms with E-state index >= 15 is 0 Å². The van der Waals surface area contributed by atoms with Crippen molar-refractivity contribution < 1.29 is 19.1 Å². The Labute approximate surface area is 199 Å². The largest absolute Gasteiger partial charge is 0.495 e. The van der Waals surface area contributed by atoms with Crippen molar-refractivity contribution >= 4 is 50.6 Å². The number of thioether (sulfide) groups is 1. The molecule has 0 unspecified atom stereocenters. The summed E-state index contributed by atoms with van der Waals surface area (Å²) in [6.45, 7) is 2.43. The predicted octanol–water partition coefficient (Wildman–Crippen LogP) is 6.59. The van der Waals surface area contributed by atoms with E-state index in [1.54, 1.807) is 30.3 Å². The molecule has 0 aromatic heterocycles. The fourth-order valence-electron chi connectivity index (χ4n) is 3.24. The van der Waals surface area contributed by atoms with Gasteiger partial charge in [0.1, 0.15) is 18.1 Å². The summed E-state index contributed by atoms with van der Waals surface area (Å²) in [5, 5.41) is -0.372. The topological polar surface area (TPSA) is 55.8 Å². The molecule has 32 heavy (non-hydrogen) atoms. The van der Waals surface area contributed by atoms with E-state index in [0.29, 0.717) is 34.3 Å². The van der Waals surface area contributed by atoms with Gasteiger partial charge in [0.05, 0.1) is 17.7 Å². The van der Waals surface area contributed by atoms with Crippen LogP contribution in [0.5, 0.6) is 11.5 Å². The van der Waals surface area contributed by atoms with Crippen LogP contribution in [0.4, 0.5) is 10.5 Å². The summed E-state index contributed by atoms with van der Waals surface area (Å²) in [6, 6.07) is 20.6. The van der Waals surface area contributed by atoms with Crippen LogP contribution in [0.25, 0.3) is 6.08 Å². The number of para-hydroxylation sites is 2. The number of halogens is 1. The van der Waals surface area contributed by atoms with Crippen LogP contribution in [-0.4, -0.2) is 18.3 Å². The van der Waals surface area contributed by atoms with Gasteiger partial charge >= 0.3 is 0 Å². The van der Waals surface area contributed by atoms with Crippen LogP contribution in [0.3, 0.4) is 0 Å². The average Bonchev–Trinajstić information content (AvgIpc) is 3.07. The SMILES string of the molecule is COc1ccccc1N1C(=O)S/C(=C\c2cc(Br)ccc2OCc2ccc(C)cc2)C1=O. The standard InChI is InChI=1S/C25H20BrNO4S/c1-16-7-9-17(10-8-16)15-31-21-12-11-19(26)13-18(21)14-23-24(28)27(25(29)32-23)20-5-3-4-6-22(20)30-2/h3-14H,15H2,1-2H3/b23-14-. The van der Waals surface area contributed by atoms with Gasteiger partial charge in [-0.25, -0.2) is 4.90 Å². The Morgan fingerprint density at radius 2 is 1.75 bits per heavy atom. The minimum atomic E-state index is -0.394. The van der Waals surface area contributed by atoms with Crippen LogP contribution < -0.4 is 14.4 Å². The third-order valence-electron chi connectivity index (χ3n) is 4.89. The summed E-state index contributed by atoms with van der Waals surface area (Å²) in [5.74, 6) is 0.687. The lowest BCUT2D eigenvalue weighted by atomic mass is 10.1. The maximum atomic E-state index is 13.1. The van der Waals surface area contributed by atoms with Gasteiger partial charge in [-0.2, -0.15) is 0 Å². The van der Waals surface area contributed by atoms with Crippen LogP contribution in [-0.2, 0) is 11.4 Å². The molecule has 1 aliphatic rings. The van der Waals surface area contributed by atoms with Crippen LogP contribution >= 0.6 is 27.7 Å². The molecular weight excluding hydrogens is 490 g/mol. The monoisotopic (exact) mass is 509 g/mol. The second-order valence-electron chi connectivity index (χ2n) is 7.15. The quantitative estimate of drug-likeness (QED) is 0.351. The van der Waals surface area contributed by atoms with Crippen molar-refractivity contribution in [3.05, 3.63) is 92.8 Å². The highest BCUT2D eigenvalue weighted by molar-refractivity contribution is 9.10. The summed E-state index contributed by atoms with van der Waals surface area (Å²) in [5.41, 5.74) is 3.35. The molecule has 1 aliphatic heterocycles. The maximum Gasteiger partial charge on any atom is 0.298 e. The molecule has 3 aromatic rings. The van der Waals surface area contributed by atoms with E-state index in [1.165, 1.54) is 12.7 Å². The summed E-state index contributed by atoms with van der Waals surface area (Å²) < 4.78 is 12.2. The fraction of sp³-hybridized carbons (Fsp3) is 0.120. The number of amides is 2. The molecule has 1 heterocycles. The number of methoxy groups -OCH3 is 1. The second-order valence-corrected chi connectivity index (χ2v) is 9.05. The summed E-state index contributed by atoms with van der Waals surface area (Å²) in [4.78, 5) is 27.2. The third-order valence-corrected chi connectivity index (χ3v) is 6.26. The first-order valence-corrected chi connectivity index (χ1v) is 11.5. The molecule has 2 amide bonds. The van der Waals surface area contributed by atoms with Crippen molar-refractivity contribution in [1.29, 1.82) is 0 Å². The second kappa shape index (κ2) is 9.63. The van der Waals surface area contributed by atoms with Crippen LogP contribution in [0.2, 0.25) is 0 Å². The van der Waals surface area contributed by atoms with Gasteiger partial charge in [-0.05, 0) is 60.7 Å². The molecule has 3 aromatic carbocycles. The molecule has 1 fully saturated rings. The first-order chi connectivity index (χ1) is 15.5. The van der Waals surface area contributed by atoms with Gasteiger partial charge in [-0.15, -0.1) is 0 Å². The van der Waals surface area contributed by atoms with E-state index in [2.05, 4.69) is 15.9 Å². The normalized spacial score (nSPS) is 14.8. The molecule has 5 nitrogen and oxygen atoms in total. The number of benzene rings is 3. The van der Waals surface area contributed by atoms with Crippen LogP contribution in [0.15, 0.2) is 76.1 Å². The molecule has 0 N–H and O–H groups in total. The number of rotatable bonds is 6. The van der Waals surface area contributed by atoms with Gasteiger partial charge in [0, 0.05) is 10.0 Å². The lowest BCUT2D eigenvalue weighted by Gasteiger charge is -2.15. The number of carbonyl (C=O) groups excluding carboxylic acids is 2. The maximum absolute atomic E-state index is 13.1. The zero-order valence-electron chi connectivity index (χ0n) is 17.5. The summed E-state index contributed by atoms with van der Waals surface area (Å²) >= 11 is 4.37. The van der Waals surface area contributed by atoms with Crippen molar-refractivity contribution in [2.24, 2.45) is 0 Å². The highest BCUT2D eigenvalue weighted by atomic mass is 79.9. The average molecular weight is 510 g/mol. The Kier molecular flexibility index (Phi) is 6.67. The molecule has 0 atom stereocenters. The molecule has 162 valence electrons. The summed E-state index contributed by atoms with van der Waals surface area (Å²) in [6.07, 6.45) is 1.69. The fourth-order valence-corrected chi connectivity index (χ4v) is 4.44. The smallest absolute Gasteiger partial charge is 0.298 e. The van der Waals surface area contributed by atoms with Crippen molar-refractivity contribution in [2.45, 2.75) is 13.5 Å². The Hall–Kier alpha value is -3.03. The Balaban J connectivity index is 1.62. The number of carbonyl (C=O) groups is 2. The third kappa shape index (κ3) is 4.74. The molecule has 0 radical (unpaired) electrons. The Morgan fingerprint density at radius 3 is 2.50 bits per heavy atom. The van der Waals surface area contributed by atoms with Gasteiger partial charge in [-0.1, -0.05) is 57.9 Å². The Morgan fingerprint density at radius 1 is 1.00 bits per heavy atom. The minimum Gasteiger partial charge on any atom is -0.495 e. The molecule has 0 spiro atoms. The van der Waals surface area contributed by atoms with Gasteiger partial charge < -0.3 is 9.47 Å². The first-order valence-electron chi connectivity index (χ1n) is 9.85. The number of anilines is 1. The lowest BCUT2D eigenvalue weighted by molar-refractivity contribution is -0.113.